The minimum absolute atomic E-state index is 0.531. The van der Waals surface area contributed by atoms with Gasteiger partial charge < -0.3 is 5.32 Å². The van der Waals surface area contributed by atoms with E-state index in [-0.39, 0.29) is 0 Å². The van der Waals surface area contributed by atoms with Crippen molar-refractivity contribution >= 4 is 27.7 Å². The summed E-state index contributed by atoms with van der Waals surface area (Å²) in [6, 6.07) is 0. The average Bonchev–Trinajstić information content (AvgIpc) is 2.67. The molecule has 1 aliphatic heterocycles. The summed E-state index contributed by atoms with van der Waals surface area (Å²) in [5, 5.41) is 6.35. The van der Waals surface area contributed by atoms with Gasteiger partial charge in [0, 0.05) is 15.8 Å². The van der Waals surface area contributed by atoms with Gasteiger partial charge in [0.15, 0.2) is 0 Å². The molecule has 1 atom stereocenters. The van der Waals surface area contributed by atoms with Crippen LogP contribution in [0, 0.1) is 5.92 Å². The maximum absolute atomic E-state index is 3.66. The summed E-state index contributed by atoms with van der Waals surface area (Å²) >= 11 is 5.55. The molecule has 0 bridgehead atoms. The predicted molar refractivity (Wildman–Crippen MR) is 71.8 cm³/mol. The van der Waals surface area contributed by atoms with Gasteiger partial charge in [-0.15, -0.1) is 11.8 Å². The Morgan fingerprint density at radius 3 is 2.93 bits per heavy atom. The Labute approximate surface area is 104 Å². The molecular weight excluding hydrogens is 270 g/mol. The van der Waals surface area contributed by atoms with Crippen LogP contribution in [-0.2, 0) is 0 Å². The smallest absolute Gasteiger partial charge is 0.0787 e. The van der Waals surface area contributed by atoms with Crippen LogP contribution in [0.4, 0.5) is 0 Å². The number of rotatable bonds is 2. The Morgan fingerprint density at radius 1 is 1.53 bits per heavy atom. The lowest BCUT2D eigenvalue weighted by Crippen LogP contribution is -2.26. The second-order valence-electron chi connectivity index (χ2n) is 4.24. The standard InChI is InChI=1S/C12H16BrNS/c1-8(2)12-14-11(7-15-12)9-5-3-4-6-10(9)13/h3,5,7-8,12,14H,4,6H2,1-2H3. The fourth-order valence-electron chi connectivity index (χ4n) is 1.70. The lowest BCUT2D eigenvalue weighted by atomic mass is 10.0. The maximum atomic E-state index is 3.66. The van der Waals surface area contributed by atoms with Crippen LogP contribution in [0.5, 0.6) is 0 Å². The number of halogens is 1. The molecule has 1 aliphatic carbocycles. The highest BCUT2D eigenvalue weighted by molar-refractivity contribution is 9.11. The molecular formula is C12H16BrNS. The topological polar surface area (TPSA) is 12.0 Å². The average molecular weight is 286 g/mol. The zero-order chi connectivity index (χ0) is 10.8. The van der Waals surface area contributed by atoms with E-state index < -0.39 is 0 Å². The van der Waals surface area contributed by atoms with Crippen molar-refractivity contribution in [1.29, 1.82) is 0 Å². The van der Waals surface area contributed by atoms with Crippen molar-refractivity contribution in [2.75, 3.05) is 0 Å². The number of nitrogens with one attached hydrogen (secondary N) is 1. The van der Waals surface area contributed by atoms with Gasteiger partial charge in [0.25, 0.3) is 0 Å². The molecule has 0 spiro atoms. The van der Waals surface area contributed by atoms with Crippen LogP contribution in [0.3, 0.4) is 0 Å². The number of thioether (sulfide) groups is 1. The summed E-state index contributed by atoms with van der Waals surface area (Å²) in [5.41, 5.74) is 2.61. The second-order valence-corrected chi connectivity index (χ2v) is 6.21. The molecule has 0 saturated heterocycles. The van der Waals surface area contributed by atoms with Gasteiger partial charge in [-0.3, -0.25) is 0 Å². The Bertz CT molecular complexity index is 342. The monoisotopic (exact) mass is 285 g/mol. The van der Waals surface area contributed by atoms with E-state index in [1.54, 1.807) is 0 Å². The van der Waals surface area contributed by atoms with Crippen molar-refractivity contribution < 1.29 is 0 Å². The molecule has 3 heteroatoms. The van der Waals surface area contributed by atoms with E-state index in [9.17, 15) is 0 Å². The molecule has 1 nitrogen and oxygen atoms in total. The molecule has 82 valence electrons. The largest absolute Gasteiger partial charge is 0.372 e. The van der Waals surface area contributed by atoms with E-state index in [1.165, 1.54) is 15.8 Å². The number of allylic oxidation sites excluding steroid dienone is 3. The summed E-state index contributed by atoms with van der Waals surface area (Å²) in [6.45, 7) is 4.50. The molecule has 2 aliphatic rings. The molecule has 0 amide bonds. The van der Waals surface area contributed by atoms with Gasteiger partial charge in [-0.25, -0.2) is 0 Å². The van der Waals surface area contributed by atoms with Crippen molar-refractivity contribution in [3.8, 4) is 0 Å². The number of hydrogen-bond acceptors (Lipinski definition) is 2. The van der Waals surface area contributed by atoms with Crippen LogP contribution in [0.1, 0.15) is 26.7 Å². The zero-order valence-corrected chi connectivity index (χ0v) is 11.5. The predicted octanol–water partition coefficient (Wildman–Crippen LogP) is 4.15. The molecule has 1 unspecified atom stereocenters. The van der Waals surface area contributed by atoms with Gasteiger partial charge in [0.1, 0.15) is 0 Å². The van der Waals surface area contributed by atoms with Crippen LogP contribution in [0.25, 0.3) is 0 Å². The molecule has 15 heavy (non-hydrogen) atoms. The summed E-state index contributed by atoms with van der Waals surface area (Å²) in [4.78, 5) is 0. The van der Waals surface area contributed by atoms with Crippen molar-refractivity contribution in [2.24, 2.45) is 5.92 Å². The lowest BCUT2D eigenvalue weighted by molar-refractivity contribution is 0.566. The molecule has 1 N–H and O–H groups in total. The first-order chi connectivity index (χ1) is 7.18. The Kier molecular flexibility index (Phi) is 3.62. The fraction of sp³-hybridized carbons (Fsp3) is 0.500. The molecule has 1 heterocycles. The van der Waals surface area contributed by atoms with Crippen LogP contribution < -0.4 is 5.32 Å². The summed E-state index contributed by atoms with van der Waals surface area (Å²) in [5.74, 6) is 0.663. The van der Waals surface area contributed by atoms with E-state index in [2.05, 4.69) is 52.7 Å². The van der Waals surface area contributed by atoms with Crippen LogP contribution in [-0.4, -0.2) is 5.37 Å². The van der Waals surface area contributed by atoms with E-state index in [4.69, 9.17) is 0 Å². The van der Waals surface area contributed by atoms with E-state index in [0.29, 0.717) is 11.3 Å². The Morgan fingerprint density at radius 2 is 2.33 bits per heavy atom. The maximum Gasteiger partial charge on any atom is 0.0787 e. The molecule has 2 rings (SSSR count). The third-order valence-electron chi connectivity index (χ3n) is 2.63. The van der Waals surface area contributed by atoms with Crippen molar-refractivity contribution in [3.05, 3.63) is 33.3 Å². The first-order valence-electron chi connectivity index (χ1n) is 5.36. The minimum Gasteiger partial charge on any atom is -0.372 e. The third-order valence-corrected chi connectivity index (χ3v) is 4.78. The lowest BCUT2D eigenvalue weighted by Gasteiger charge is -2.18. The van der Waals surface area contributed by atoms with Crippen molar-refractivity contribution in [3.63, 3.8) is 0 Å². The van der Waals surface area contributed by atoms with Gasteiger partial charge in [0.2, 0.25) is 0 Å². The highest BCUT2D eigenvalue weighted by Crippen LogP contribution is 2.34. The molecule has 0 aromatic carbocycles. The van der Waals surface area contributed by atoms with Gasteiger partial charge in [-0.05, 0) is 24.2 Å². The van der Waals surface area contributed by atoms with E-state index in [1.807, 2.05) is 11.8 Å². The van der Waals surface area contributed by atoms with Crippen molar-refractivity contribution in [1.82, 2.24) is 5.32 Å². The fourth-order valence-corrected chi connectivity index (χ4v) is 3.26. The van der Waals surface area contributed by atoms with Gasteiger partial charge in [-0.1, -0.05) is 41.9 Å². The van der Waals surface area contributed by atoms with Crippen LogP contribution >= 0.6 is 27.7 Å². The normalized spacial score (nSPS) is 25.9. The Hall–Kier alpha value is -0.150. The van der Waals surface area contributed by atoms with Crippen LogP contribution in [0.15, 0.2) is 33.3 Å². The molecule has 0 radical (unpaired) electrons. The first-order valence-corrected chi connectivity index (χ1v) is 7.10. The number of hydrogen-bond donors (Lipinski definition) is 1. The second kappa shape index (κ2) is 4.79. The summed E-state index contributed by atoms with van der Waals surface area (Å²) in [7, 11) is 0. The third kappa shape index (κ3) is 2.51. The van der Waals surface area contributed by atoms with E-state index >= 15 is 0 Å². The zero-order valence-electron chi connectivity index (χ0n) is 9.09. The molecule has 0 aromatic heterocycles. The summed E-state index contributed by atoms with van der Waals surface area (Å²) < 4.78 is 1.33. The molecule has 0 aromatic rings. The molecule has 0 saturated carbocycles. The minimum atomic E-state index is 0.531. The van der Waals surface area contributed by atoms with Crippen molar-refractivity contribution in [2.45, 2.75) is 32.1 Å². The van der Waals surface area contributed by atoms with Crippen LogP contribution in [0.2, 0.25) is 0 Å². The SMILES string of the molecule is CC(C)C1NC(C2=C(Br)CCC=C2)=CS1. The van der Waals surface area contributed by atoms with Gasteiger partial charge in [-0.2, -0.15) is 0 Å². The first kappa shape index (κ1) is 11.3. The molecule has 0 fully saturated rings. The quantitative estimate of drug-likeness (QED) is 0.818. The Balaban J connectivity index is 2.11. The van der Waals surface area contributed by atoms with Gasteiger partial charge in [0.05, 0.1) is 5.37 Å². The van der Waals surface area contributed by atoms with Gasteiger partial charge >= 0.3 is 0 Å². The highest BCUT2D eigenvalue weighted by atomic mass is 79.9. The van der Waals surface area contributed by atoms with E-state index in [0.717, 1.165) is 12.8 Å². The highest BCUT2D eigenvalue weighted by Gasteiger charge is 2.22. The summed E-state index contributed by atoms with van der Waals surface area (Å²) in [6.07, 6.45) is 6.74.